The van der Waals surface area contributed by atoms with E-state index in [0.717, 1.165) is 6.54 Å². The molecule has 0 spiro atoms. The van der Waals surface area contributed by atoms with Crippen LogP contribution in [0.15, 0.2) is 0 Å². The predicted octanol–water partition coefficient (Wildman–Crippen LogP) is -2.64. The summed E-state index contributed by atoms with van der Waals surface area (Å²) in [6.07, 6.45) is 1.14. The molecule has 128 valence electrons. The molecule has 3 amide bonds. The summed E-state index contributed by atoms with van der Waals surface area (Å²) < 4.78 is 4.13. The summed E-state index contributed by atoms with van der Waals surface area (Å²) in [5, 5.41) is 18.6. The van der Waals surface area contributed by atoms with Crippen LogP contribution in [0.2, 0.25) is 0 Å². The number of amidine groups is 1. The summed E-state index contributed by atoms with van der Waals surface area (Å²) >= 11 is 0. The van der Waals surface area contributed by atoms with Crippen molar-refractivity contribution in [2.45, 2.75) is 18.6 Å². The molecule has 0 bridgehead atoms. The van der Waals surface area contributed by atoms with Crippen LogP contribution in [0.3, 0.4) is 0 Å². The van der Waals surface area contributed by atoms with Gasteiger partial charge in [-0.25, -0.2) is 14.4 Å². The molecule has 2 heterocycles. The minimum atomic E-state index is -0.973. The number of likely N-dealkylation sites (N-methyl/N-ethyl adjacent to an activating group) is 1. The molecule has 0 saturated carbocycles. The number of urea groups is 1. The van der Waals surface area contributed by atoms with Crippen LogP contribution in [0.4, 0.5) is 4.79 Å². The van der Waals surface area contributed by atoms with Gasteiger partial charge in [-0.15, -0.1) is 0 Å². The van der Waals surface area contributed by atoms with Crippen LogP contribution in [-0.4, -0.2) is 113 Å². The highest BCUT2D eigenvalue weighted by Crippen LogP contribution is 2.18. The van der Waals surface area contributed by atoms with E-state index >= 15 is 0 Å². The van der Waals surface area contributed by atoms with E-state index in [4.69, 9.17) is 5.11 Å². The molecule has 9 nitrogen and oxygen atoms in total. The van der Waals surface area contributed by atoms with Crippen LogP contribution in [0.25, 0.3) is 0 Å². The Bertz CT molecular complexity index is 543. The molecule has 9 heteroatoms. The maximum Gasteiger partial charge on any atom is 0.389 e. The summed E-state index contributed by atoms with van der Waals surface area (Å²) in [7, 11) is 5.45. The molecular weight excluding hydrogens is 302 g/mol. The Hall–Kier alpha value is -1.93. The fourth-order valence-electron chi connectivity index (χ4n) is 2.67. The smallest absolute Gasteiger partial charge is 0.389 e. The van der Waals surface area contributed by atoms with Crippen LogP contribution in [0.5, 0.6) is 0 Å². The second kappa shape index (κ2) is 7.10. The van der Waals surface area contributed by atoms with Gasteiger partial charge >= 0.3 is 11.9 Å². The van der Waals surface area contributed by atoms with Crippen LogP contribution >= 0.6 is 0 Å². The minimum Gasteiger partial charge on any atom is -0.394 e. The summed E-state index contributed by atoms with van der Waals surface area (Å²) in [4.78, 5) is 31.2. The Labute approximate surface area is 135 Å². The molecule has 0 aromatic carbocycles. The topological polar surface area (TPSA) is 102 Å². The predicted molar refractivity (Wildman–Crippen MR) is 84.8 cm³/mol. The molecule has 1 saturated heterocycles. The van der Waals surface area contributed by atoms with Gasteiger partial charge in [-0.2, -0.15) is 4.90 Å². The number of aliphatic hydroxyl groups is 2. The highest BCUT2D eigenvalue weighted by Gasteiger charge is 2.54. The van der Waals surface area contributed by atoms with Gasteiger partial charge in [0.2, 0.25) is 0 Å². The first-order chi connectivity index (χ1) is 10.9. The third kappa shape index (κ3) is 3.53. The normalized spacial score (nSPS) is 22.1. The van der Waals surface area contributed by atoms with Crippen molar-refractivity contribution in [3.05, 3.63) is 0 Å². The first-order valence-electron chi connectivity index (χ1n) is 7.56. The molecule has 1 fully saturated rings. The zero-order valence-corrected chi connectivity index (χ0v) is 13.7. The van der Waals surface area contributed by atoms with E-state index in [0.29, 0.717) is 18.8 Å². The molecule has 2 atom stereocenters. The van der Waals surface area contributed by atoms with Gasteiger partial charge in [-0.05, 0) is 27.1 Å². The van der Waals surface area contributed by atoms with Crippen molar-refractivity contribution >= 4 is 24.1 Å². The maximum absolute atomic E-state index is 12.7. The fraction of sp³-hybridized carbons (Fsp3) is 0.714. The highest BCUT2D eigenvalue weighted by atomic mass is 16.3. The monoisotopic (exact) mass is 326 g/mol. The quantitative estimate of drug-likeness (QED) is 0.496. The zero-order chi connectivity index (χ0) is 17.1. The number of rotatable bonds is 7. The first kappa shape index (κ1) is 17.4. The fourth-order valence-corrected chi connectivity index (χ4v) is 2.67. The molecule has 0 aliphatic carbocycles. The van der Waals surface area contributed by atoms with E-state index in [2.05, 4.69) is 4.67 Å². The largest absolute Gasteiger partial charge is 0.394 e. The van der Waals surface area contributed by atoms with Crippen molar-refractivity contribution < 1.29 is 19.8 Å². The maximum atomic E-state index is 12.7. The standard InChI is InChI=1S/C14H24N5O4/c1-16(2)5-4-6-19-13(22)11-12(17(3)14(19)23)15-9-18(11)7-10(21)8-20/h9-11,20-21H,4-8H2,1-3H3/q+1. The highest BCUT2D eigenvalue weighted by molar-refractivity contribution is 6.22. The first-order valence-corrected chi connectivity index (χ1v) is 7.56. The van der Waals surface area contributed by atoms with Crippen LogP contribution in [0, 0.1) is 0 Å². The Kier molecular flexibility index (Phi) is 5.38. The molecule has 2 unspecified atom stereocenters. The lowest BCUT2D eigenvalue weighted by molar-refractivity contribution is -0.132. The number of β-amino-alcohol motifs (C(OH)–C–C–N with tert-alkyl or cyclic N) is 1. The van der Waals surface area contributed by atoms with Crippen LogP contribution in [-0.2, 0) is 4.79 Å². The molecule has 0 radical (unpaired) electrons. The van der Waals surface area contributed by atoms with Crippen molar-refractivity contribution in [2.75, 3.05) is 47.4 Å². The number of nitrogens with zero attached hydrogens (tertiary/aromatic N) is 5. The van der Waals surface area contributed by atoms with E-state index in [-0.39, 0.29) is 18.5 Å². The number of carbonyl (C=O) groups excluding carboxylic acids is 2. The van der Waals surface area contributed by atoms with E-state index in [1.165, 1.54) is 16.1 Å². The van der Waals surface area contributed by atoms with E-state index in [1.807, 2.05) is 19.0 Å². The lowest BCUT2D eigenvalue weighted by Gasteiger charge is -2.33. The second-order valence-electron chi connectivity index (χ2n) is 6.03. The average Bonchev–Trinajstić information content (AvgIpc) is 2.92. The molecular formula is C14H24N5O4+. The van der Waals surface area contributed by atoms with E-state index in [9.17, 15) is 14.7 Å². The number of imide groups is 1. The zero-order valence-electron chi connectivity index (χ0n) is 13.7. The van der Waals surface area contributed by atoms with Crippen molar-refractivity contribution in [2.24, 2.45) is 0 Å². The Morgan fingerprint density at radius 2 is 2.09 bits per heavy atom. The Balaban J connectivity index is 2.11. The Morgan fingerprint density at radius 3 is 2.70 bits per heavy atom. The van der Waals surface area contributed by atoms with Gasteiger partial charge in [-0.3, -0.25) is 9.69 Å². The summed E-state index contributed by atoms with van der Waals surface area (Å²) in [5.41, 5.74) is 0. The molecule has 23 heavy (non-hydrogen) atoms. The molecule has 2 aliphatic heterocycles. The lowest BCUT2D eigenvalue weighted by Crippen LogP contribution is -2.65. The SMILES string of the molecule is CN(C)CCCN1C(=O)C2C(=[N+]=CN2CC(O)CO)N(C)C1=O. The van der Waals surface area contributed by atoms with Crippen molar-refractivity contribution in [1.29, 1.82) is 0 Å². The van der Waals surface area contributed by atoms with Crippen molar-refractivity contribution in [3.63, 3.8) is 0 Å². The van der Waals surface area contributed by atoms with Gasteiger partial charge in [0.15, 0.2) is 0 Å². The number of hydrogen-bond acceptors (Lipinski definition) is 6. The van der Waals surface area contributed by atoms with Gasteiger partial charge in [0.1, 0.15) is 6.10 Å². The van der Waals surface area contributed by atoms with Gasteiger partial charge in [0.25, 0.3) is 18.3 Å². The molecule has 2 rings (SSSR count). The second-order valence-corrected chi connectivity index (χ2v) is 6.03. The van der Waals surface area contributed by atoms with Gasteiger partial charge in [0, 0.05) is 6.54 Å². The van der Waals surface area contributed by atoms with Crippen molar-refractivity contribution in [3.8, 4) is 0 Å². The lowest BCUT2D eigenvalue weighted by atomic mass is 10.1. The number of hydrogen-bond donors (Lipinski definition) is 2. The number of amides is 3. The summed E-state index contributed by atoms with van der Waals surface area (Å²) in [5.74, 6) is 0.0125. The van der Waals surface area contributed by atoms with E-state index < -0.39 is 18.8 Å². The molecule has 0 aromatic heterocycles. The summed E-state index contributed by atoms with van der Waals surface area (Å²) in [6.45, 7) is 0.779. The molecule has 2 N–H and O–H groups in total. The average molecular weight is 326 g/mol. The minimum absolute atomic E-state index is 0.0769. The van der Waals surface area contributed by atoms with Crippen LogP contribution < -0.4 is 4.67 Å². The van der Waals surface area contributed by atoms with Crippen LogP contribution in [0.1, 0.15) is 6.42 Å². The van der Waals surface area contributed by atoms with Crippen molar-refractivity contribution in [1.82, 2.24) is 24.3 Å². The summed E-state index contributed by atoms with van der Waals surface area (Å²) in [6, 6.07) is -1.11. The van der Waals surface area contributed by atoms with Gasteiger partial charge in [-0.1, -0.05) is 0 Å². The number of fused-ring (bicyclic) bond motifs is 1. The number of aliphatic hydroxyl groups excluding tert-OH is 2. The third-order valence-electron chi connectivity index (χ3n) is 3.90. The molecule has 2 aliphatic rings. The molecule has 0 aromatic rings. The third-order valence-corrected chi connectivity index (χ3v) is 3.90. The van der Waals surface area contributed by atoms with Gasteiger partial charge < -0.3 is 15.1 Å². The van der Waals surface area contributed by atoms with E-state index in [1.54, 1.807) is 11.9 Å². The Morgan fingerprint density at radius 1 is 1.39 bits per heavy atom. The van der Waals surface area contributed by atoms with Gasteiger partial charge in [0.05, 0.1) is 20.2 Å². The number of carbonyl (C=O) groups is 2.